The molecule has 1 amide bonds. The van der Waals surface area contributed by atoms with E-state index in [0.717, 1.165) is 22.0 Å². The lowest BCUT2D eigenvalue weighted by Gasteiger charge is -2.13. The number of fused-ring (bicyclic) bond motifs is 1. The third-order valence-corrected chi connectivity index (χ3v) is 4.60. The Labute approximate surface area is 164 Å². The number of para-hydroxylation sites is 1. The second-order valence-corrected chi connectivity index (χ2v) is 6.48. The van der Waals surface area contributed by atoms with Crippen LogP contribution in [0.4, 0.5) is 0 Å². The zero-order valence-corrected chi connectivity index (χ0v) is 15.6. The van der Waals surface area contributed by atoms with Crippen LogP contribution in [0.2, 0.25) is 0 Å². The average Bonchev–Trinajstić information content (AvgIpc) is 3.08. The second kappa shape index (κ2) is 8.70. The molecule has 2 aromatic carbocycles. The predicted octanol–water partition coefficient (Wildman–Crippen LogP) is 4.34. The molecule has 0 saturated heterocycles. The number of aromatic nitrogens is 1. The number of benzene rings is 2. The van der Waals surface area contributed by atoms with E-state index in [1.54, 1.807) is 6.08 Å². The minimum Gasteiger partial charge on any atom is -0.346 e. The van der Waals surface area contributed by atoms with Crippen molar-refractivity contribution in [2.24, 2.45) is 0 Å². The predicted molar refractivity (Wildman–Crippen MR) is 109 cm³/mol. The van der Waals surface area contributed by atoms with Crippen molar-refractivity contribution in [2.45, 2.75) is 25.9 Å². The number of carbonyl (C=O) groups excluding carboxylic acids is 1. The van der Waals surface area contributed by atoms with Gasteiger partial charge in [0.1, 0.15) is 11.6 Å². The molecule has 3 aromatic rings. The van der Waals surface area contributed by atoms with Crippen molar-refractivity contribution in [3.05, 3.63) is 77.5 Å². The van der Waals surface area contributed by atoms with Crippen molar-refractivity contribution in [1.29, 1.82) is 10.5 Å². The summed E-state index contributed by atoms with van der Waals surface area (Å²) in [5, 5.41) is 22.2. The van der Waals surface area contributed by atoms with Gasteiger partial charge in [0.15, 0.2) is 0 Å². The van der Waals surface area contributed by atoms with Crippen molar-refractivity contribution in [1.82, 2.24) is 9.88 Å². The number of carbonyl (C=O) groups is 1. The first-order chi connectivity index (χ1) is 13.6. The van der Waals surface area contributed by atoms with Crippen LogP contribution >= 0.6 is 0 Å². The van der Waals surface area contributed by atoms with Crippen LogP contribution in [0.15, 0.2) is 66.4 Å². The third-order valence-electron chi connectivity index (χ3n) is 4.60. The Kier molecular flexibility index (Phi) is 5.89. The molecule has 0 radical (unpaired) electrons. The monoisotopic (exact) mass is 368 g/mol. The molecule has 0 saturated carbocycles. The summed E-state index contributed by atoms with van der Waals surface area (Å²) in [5.41, 5.74) is 2.78. The number of nitriles is 2. The molecule has 0 aliphatic heterocycles. The average molecular weight is 368 g/mol. The van der Waals surface area contributed by atoms with Gasteiger partial charge in [0.05, 0.1) is 18.5 Å². The molecule has 0 aliphatic rings. The maximum absolute atomic E-state index is 12.6. The fourth-order valence-electron chi connectivity index (χ4n) is 3.15. The topological polar surface area (TPSA) is 81.6 Å². The Bertz CT molecular complexity index is 1100. The maximum atomic E-state index is 12.6. The van der Waals surface area contributed by atoms with Gasteiger partial charge in [-0.3, -0.25) is 4.79 Å². The summed E-state index contributed by atoms with van der Waals surface area (Å²) in [4.78, 5) is 12.6. The Morgan fingerprint density at radius 1 is 1.14 bits per heavy atom. The van der Waals surface area contributed by atoms with Gasteiger partial charge in [-0.05, 0) is 24.6 Å². The largest absolute Gasteiger partial charge is 0.346 e. The summed E-state index contributed by atoms with van der Waals surface area (Å²) in [6, 6.07) is 21.3. The van der Waals surface area contributed by atoms with Crippen LogP contribution in [0.5, 0.6) is 0 Å². The highest BCUT2D eigenvalue weighted by atomic mass is 16.1. The number of rotatable bonds is 6. The van der Waals surface area contributed by atoms with E-state index in [1.807, 2.05) is 78.4 Å². The Balaban J connectivity index is 1.89. The molecule has 1 atom stereocenters. The van der Waals surface area contributed by atoms with E-state index in [-0.39, 0.29) is 11.6 Å². The van der Waals surface area contributed by atoms with Gasteiger partial charge in [0.25, 0.3) is 5.91 Å². The van der Waals surface area contributed by atoms with Gasteiger partial charge in [-0.15, -0.1) is 0 Å². The second-order valence-electron chi connectivity index (χ2n) is 6.48. The third kappa shape index (κ3) is 4.11. The Morgan fingerprint density at radius 3 is 2.57 bits per heavy atom. The first-order valence-corrected chi connectivity index (χ1v) is 9.06. The Hall–Kier alpha value is -3.83. The van der Waals surface area contributed by atoms with Crippen molar-refractivity contribution < 1.29 is 4.79 Å². The molecule has 0 spiro atoms. The minimum absolute atomic E-state index is 0.0472. The van der Waals surface area contributed by atoms with Gasteiger partial charge < -0.3 is 9.88 Å². The molecule has 0 unspecified atom stereocenters. The summed E-state index contributed by atoms with van der Waals surface area (Å²) in [7, 11) is 0. The van der Waals surface area contributed by atoms with E-state index >= 15 is 0 Å². The molecule has 5 nitrogen and oxygen atoms in total. The zero-order valence-electron chi connectivity index (χ0n) is 15.6. The number of aryl methyl sites for hydroxylation is 1. The van der Waals surface area contributed by atoms with Crippen LogP contribution in [-0.2, 0) is 11.3 Å². The van der Waals surface area contributed by atoms with Crippen molar-refractivity contribution in [3.8, 4) is 12.1 Å². The summed E-state index contributed by atoms with van der Waals surface area (Å²) in [6.07, 6.45) is 3.88. The minimum atomic E-state index is -0.410. The fraction of sp³-hybridized carbons (Fsp3) is 0.174. The van der Waals surface area contributed by atoms with E-state index in [1.165, 1.54) is 0 Å². The molecular formula is C23H20N4O. The highest BCUT2D eigenvalue weighted by Gasteiger charge is 2.15. The van der Waals surface area contributed by atoms with E-state index < -0.39 is 5.91 Å². The van der Waals surface area contributed by atoms with Crippen molar-refractivity contribution >= 4 is 22.9 Å². The van der Waals surface area contributed by atoms with Crippen molar-refractivity contribution in [3.63, 3.8) is 0 Å². The van der Waals surface area contributed by atoms with Crippen LogP contribution < -0.4 is 5.32 Å². The molecule has 0 fully saturated rings. The molecule has 1 N–H and O–H groups in total. The number of nitrogens with zero attached hydrogens (tertiary/aromatic N) is 3. The van der Waals surface area contributed by atoms with E-state index in [0.29, 0.717) is 13.0 Å². The quantitative estimate of drug-likeness (QED) is 0.519. The van der Waals surface area contributed by atoms with E-state index in [9.17, 15) is 10.1 Å². The van der Waals surface area contributed by atoms with Crippen LogP contribution in [0.1, 0.15) is 30.5 Å². The molecule has 1 heterocycles. The highest BCUT2D eigenvalue weighted by Crippen LogP contribution is 2.24. The lowest BCUT2D eigenvalue weighted by Crippen LogP contribution is -2.27. The molecule has 0 bridgehead atoms. The molecule has 0 aliphatic carbocycles. The van der Waals surface area contributed by atoms with Crippen LogP contribution in [-0.4, -0.2) is 10.5 Å². The van der Waals surface area contributed by atoms with Crippen LogP contribution in [0.25, 0.3) is 17.0 Å². The van der Waals surface area contributed by atoms with Gasteiger partial charge in [-0.25, -0.2) is 0 Å². The van der Waals surface area contributed by atoms with Crippen LogP contribution in [0.3, 0.4) is 0 Å². The normalized spacial score (nSPS) is 12.2. The number of amides is 1. The number of hydrogen-bond acceptors (Lipinski definition) is 3. The summed E-state index contributed by atoms with van der Waals surface area (Å²) < 4.78 is 1.98. The zero-order chi connectivity index (χ0) is 19.9. The molecule has 5 heteroatoms. The highest BCUT2D eigenvalue weighted by molar-refractivity contribution is 6.04. The first kappa shape index (κ1) is 18.9. The number of hydrogen-bond donors (Lipinski definition) is 1. The lowest BCUT2D eigenvalue weighted by atomic mass is 10.1. The smallest absolute Gasteiger partial charge is 0.262 e. The van der Waals surface area contributed by atoms with Gasteiger partial charge in [0, 0.05) is 29.2 Å². The molecular weight excluding hydrogens is 348 g/mol. The van der Waals surface area contributed by atoms with Gasteiger partial charge in [-0.1, -0.05) is 48.5 Å². The number of nitrogens with one attached hydrogen (secondary N) is 1. The van der Waals surface area contributed by atoms with Crippen molar-refractivity contribution in [2.75, 3.05) is 0 Å². The molecule has 1 aromatic heterocycles. The first-order valence-electron chi connectivity index (χ1n) is 9.06. The summed E-state index contributed by atoms with van der Waals surface area (Å²) in [6.45, 7) is 2.44. The SMILES string of the molecule is C[C@@H](NC(=O)/C(C#N)=C/c1cn(CCC#N)c2ccccc12)c1ccccc1. The lowest BCUT2D eigenvalue weighted by molar-refractivity contribution is -0.117. The van der Waals surface area contributed by atoms with Gasteiger partial charge >= 0.3 is 0 Å². The Morgan fingerprint density at radius 2 is 1.86 bits per heavy atom. The van der Waals surface area contributed by atoms with Crippen LogP contribution in [0, 0.1) is 22.7 Å². The van der Waals surface area contributed by atoms with Gasteiger partial charge in [0.2, 0.25) is 0 Å². The molecule has 3 rings (SSSR count). The maximum Gasteiger partial charge on any atom is 0.262 e. The standard InChI is InChI=1S/C23H20N4O/c1-17(18-8-3-2-4-9-18)26-23(28)19(15-25)14-20-16-27(13-7-12-24)22-11-6-5-10-21(20)22/h2-6,8-11,14,16-17H,7,13H2,1H3,(H,26,28)/b19-14+/t17-/m1/s1. The van der Waals surface area contributed by atoms with Gasteiger partial charge in [-0.2, -0.15) is 10.5 Å². The molecule has 138 valence electrons. The fourth-order valence-corrected chi connectivity index (χ4v) is 3.15. The van der Waals surface area contributed by atoms with E-state index in [2.05, 4.69) is 11.4 Å². The summed E-state index contributed by atoms with van der Waals surface area (Å²) in [5.74, 6) is -0.410. The molecule has 28 heavy (non-hydrogen) atoms. The van der Waals surface area contributed by atoms with E-state index in [4.69, 9.17) is 5.26 Å². The summed E-state index contributed by atoms with van der Waals surface area (Å²) >= 11 is 0.